The molecule has 1 aliphatic carbocycles. The first kappa shape index (κ1) is 8.50. The summed E-state index contributed by atoms with van der Waals surface area (Å²) < 4.78 is 4.09. The number of hydrogen-bond donors (Lipinski definition) is 2. The van der Waals surface area contributed by atoms with E-state index in [-0.39, 0.29) is 5.56 Å². The van der Waals surface area contributed by atoms with Gasteiger partial charge in [-0.2, -0.15) is 4.37 Å². The molecule has 4 nitrogen and oxygen atoms in total. The Morgan fingerprint density at radius 3 is 2.77 bits per heavy atom. The van der Waals surface area contributed by atoms with E-state index in [1.807, 2.05) is 0 Å². The maximum Gasteiger partial charge on any atom is 0.340 e. The predicted molar refractivity (Wildman–Crippen MR) is 50.1 cm³/mol. The van der Waals surface area contributed by atoms with E-state index in [4.69, 9.17) is 10.8 Å². The molecule has 0 saturated heterocycles. The lowest BCUT2D eigenvalue weighted by molar-refractivity contribution is 0.0695. The summed E-state index contributed by atoms with van der Waals surface area (Å²) in [5.74, 6) is -0.618. The number of nitrogens with zero attached hydrogens (tertiary/aromatic N) is 1. The number of hydrogen-bond acceptors (Lipinski definition) is 4. The quantitative estimate of drug-likeness (QED) is 0.758. The van der Waals surface area contributed by atoms with E-state index in [0.29, 0.717) is 16.6 Å². The van der Waals surface area contributed by atoms with Crippen molar-refractivity contribution in [3.63, 3.8) is 0 Å². The van der Waals surface area contributed by atoms with E-state index in [0.717, 1.165) is 24.4 Å². The van der Waals surface area contributed by atoms with Crippen LogP contribution in [0.1, 0.15) is 41.2 Å². The number of carbonyl (C=O) groups is 1. The smallest absolute Gasteiger partial charge is 0.340 e. The van der Waals surface area contributed by atoms with Crippen molar-refractivity contribution in [1.29, 1.82) is 0 Å². The molecule has 0 atom stereocenters. The van der Waals surface area contributed by atoms with Crippen molar-refractivity contribution in [1.82, 2.24) is 4.37 Å². The zero-order valence-corrected chi connectivity index (χ0v) is 7.80. The van der Waals surface area contributed by atoms with E-state index in [1.165, 1.54) is 6.42 Å². The summed E-state index contributed by atoms with van der Waals surface area (Å²) >= 11 is 1.08. The van der Waals surface area contributed by atoms with Crippen molar-refractivity contribution in [2.24, 2.45) is 0 Å². The number of nitrogens with two attached hydrogens (primary N) is 1. The van der Waals surface area contributed by atoms with Crippen LogP contribution in [-0.4, -0.2) is 15.4 Å². The third kappa shape index (κ3) is 1.29. The summed E-state index contributed by atoms with van der Waals surface area (Å²) in [6.07, 6.45) is 3.26. The minimum atomic E-state index is -0.951. The van der Waals surface area contributed by atoms with Gasteiger partial charge in [0.15, 0.2) is 0 Å². The average Bonchev–Trinajstić information content (AvgIpc) is 2.28. The van der Waals surface area contributed by atoms with Gasteiger partial charge in [0.2, 0.25) is 0 Å². The van der Waals surface area contributed by atoms with Crippen LogP contribution in [0.15, 0.2) is 0 Å². The highest BCUT2D eigenvalue weighted by atomic mass is 32.1. The Morgan fingerprint density at radius 2 is 2.31 bits per heavy atom. The van der Waals surface area contributed by atoms with Gasteiger partial charge in [-0.15, -0.1) is 0 Å². The molecule has 1 aromatic rings. The average molecular weight is 198 g/mol. The molecule has 1 aromatic heterocycles. The van der Waals surface area contributed by atoms with Crippen LogP contribution in [0.5, 0.6) is 0 Å². The van der Waals surface area contributed by atoms with Crippen molar-refractivity contribution < 1.29 is 9.90 Å². The molecule has 0 aliphatic heterocycles. The minimum absolute atomic E-state index is 0.231. The Morgan fingerprint density at radius 1 is 1.62 bits per heavy atom. The summed E-state index contributed by atoms with van der Waals surface area (Å²) in [6.45, 7) is 0. The highest BCUT2D eigenvalue weighted by molar-refractivity contribution is 7.10. The lowest BCUT2D eigenvalue weighted by Gasteiger charge is -2.23. The highest BCUT2D eigenvalue weighted by Crippen LogP contribution is 2.39. The monoisotopic (exact) mass is 198 g/mol. The fraction of sp³-hybridized carbons (Fsp3) is 0.500. The maximum absolute atomic E-state index is 10.8. The van der Waals surface area contributed by atoms with Gasteiger partial charge in [0.05, 0.1) is 5.69 Å². The molecule has 1 saturated carbocycles. The van der Waals surface area contributed by atoms with E-state index in [9.17, 15) is 4.79 Å². The van der Waals surface area contributed by atoms with Crippen LogP contribution in [-0.2, 0) is 0 Å². The zero-order valence-electron chi connectivity index (χ0n) is 6.99. The number of nitrogen functional groups attached to an aromatic ring is 1. The number of carboxylic acids is 1. The minimum Gasteiger partial charge on any atom is -0.478 e. The van der Waals surface area contributed by atoms with Crippen LogP contribution >= 0.6 is 11.5 Å². The van der Waals surface area contributed by atoms with E-state index in [2.05, 4.69) is 4.37 Å². The standard InChI is InChI=1S/C8H10N2O2S/c9-7-5(8(11)12)6(10-13-7)4-2-1-3-4/h4H,1-3,9H2,(H,11,12). The first-order chi connectivity index (χ1) is 6.20. The summed E-state index contributed by atoms with van der Waals surface area (Å²) in [7, 11) is 0. The van der Waals surface area contributed by atoms with Crippen molar-refractivity contribution in [3.8, 4) is 0 Å². The van der Waals surface area contributed by atoms with Crippen molar-refractivity contribution >= 4 is 22.5 Å². The SMILES string of the molecule is Nc1snc(C2CCC2)c1C(=O)O. The molecule has 3 N–H and O–H groups in total. The van der Waals surface area contributed by atoms with Gasteiger partial charge in [-0.1, -0.05) is 6.42 Å². The Kier molecular flexibility index (Phi) is 1.95. The topological polar surface area (TPSA) is 76.2 Å². The van der Waals surface area contributed by atoms with E-state index < -0.39 is 5.97 Å². The van der Waals surface area contributed by atoms with Crippen molar-refractivity contribution in [2.45, 2.75) is 25.2 Å². The number of rotatable bonds is 2. The van der Waals surface area contributed by atoms with Gasteiger partial charge in [0.25, 0.3) is 0 Å². The van der Waals surface area contributed by atoms with Gasteiger partial charge in [-0.05, 0) is 24.4 Å². The largest absolute Gasteiger partial charge is 0.478 e. The summed E-state index contributed by atoms with van der Waals surface area (Å²) in [6, 6.07) is 0. The molecule has 1 heterocycles. The van der Waals surface area contributed by atoms with Crippen LogP contribution in [0.2, 0.25) is 0 Å². The fourth-order valence-electron chi connectivity index (χ4n) is 1.49. The van der Waals surface area contributed by atoms with Gasteiger partial charge in [0, 0.05) is 5.92 Å². The molecule has 0 spiro atoms. The van der Waals surface area contributed by atoms with Gasteiger partial charge in [0.1, 0.15) is 10.6 Å². The van der Waals surface area contributed by atoms with Gasteiger partial charge in [-0.25, -0.2) is 4.79 Å². The molecule has 0 unspecified atom stereocenters. The first-order valence-corrected chi connectivity index (χ1v) is 4.96. The maximum atomic E-state index is 10.8. The molecular weight excluding hydrogens is 188 g/mol. The summed E-state index contributed by atoms with van der Waals surface area (Å²) in [4.78, 5) is 10.8. The lowest BCUT2D eigenvalue weighted by Crippen LogP contribution is -2.13. The highest BCUT2D eigenvalue weighted by Gasteiger charge is 2.29. The Balaban J connectivity index is 2.38. The zero-order chi connectivity index (χ0) is 9.42. The number of anilines is 1. The lowest BCUT2D eigenvalue weighted by atomic mass is 9.81. The van der Waals surface area contributed by atoms with Crippen molar-refractivity contribution in [3.05, 3.63) is 11.3 Å². The Hall–Kier alpha value is -1.10. The van der Waals surface area contributed by atoms with Gasteiger partial charge < -0.3 is 10.8 Å². The third-order valence-corrected chi connectivity index (χ3v) is 3.14. The van der Waals surface area contributed by atoms with Crippen molar-refractivity contribution in [2.75, 3.05) is 5.73 Å². The molecule has 0 amide bonds. The molecule has 0 bridgehead atoms. The fourth-order valence-corrected chi connectivity index (χ4v) is 2.21. The van der Waals surface area contributed by atoms with Crippen LogP contribution in [0, 0.1) is 0 Å². The number of aromatic nitrogens is 1. The number of carboxylic acid groups (broad SMARTS) is 1. The first-order valence-electron chi connectivity index (χ1n) is 4.18. The normalized spacial score (nSPS) is 16.9. The van der Waals surface area contributed by atoms with Crippen LogP contribution in [0.4, 0.5) is 5.00 Å². The second-order valence-electron chi connectivity index (χ2n) is 3.24. The molecule has 0 aromatic carbocycles. The summed E-state index contributed by atoms with van der Waals surface area (Å²) in [5, 5.41) is 9.22. The number of aromatic carboxylic acids is 1. The second kappa shape index (κ2) is 2.99. The van der Waals surface area contributed by atoms with E-state index in [1.54, 1.807) is 0 Å². The Labute approximate surface area is 79.5 Å². The van der Waals surface area contributed by atoms with Crippen LogP contribution in [0.25, 0.3) is 0 Å². The molecule has 1 fully saturated rings. The molecule has 5 heteroatoms. The second-order valence-corrected chi connectivity index (χ2v) is 4.05. The molecular formula is C8H10N2O2S. The van der Waals surface area contributed by atoms with Crippen LogP contribution in [0.3, 0.4) is 0 Å². The molecule has 0 radical (unpaired) electrons. The van der Waals surface area contributed by atoms with Crippen LogP contribution < -0.4 is 5.73 Å². The molecule has 1 aliphatic rings. The van der Waals surface area contributed by atoms with Gasteiger partial charge >= 0.3 is 5.97 Å². The molecule has 2 rings (SSSR count). The summed E-state index contributed by atoms with van der Waals surface area (Å²) in [5.41, 5.74) is 6.46. The third-order valence-electron chi connectivity index (χ3n) is 2.45. The Bertz CT molecular complexity index is 344. The molecule has 13 heavy (non-hydrogen) atoms. The predicted octanol–water partition coefficient (Wildman–Crippen LogP) is 1.69. The van der Waals surface area contributed by atoms with Gasteiger partial charge in [-0.3, -0.25) is 0 Å². The van der Waals surface area contributed by atoms with E-state index >= 15 is 0 Å². The molecule has 70 valence electrons.